The Hall–Kier alpha value is -0.0000000000000000555. The van der Waals surface area contributed by atoms with Crippen LogP contribution in [-0.2, 0) is 10.1 Å². The van der Waals surface area contributed by atoms with E-state index in [1.807, 2.05) is 0 Å². The third-order valence-corrected chi connectivity index (χ3v) is 3.04. The molecule has 0 aliphatic rings. The third-order valence-electron chi connectivity index (χ3n) is 1.97. The number of hydrogen-bond acceptors (Lipinski definition) is 7. The van der Waals surface area contributed by atoms with Crippen LogP contribution in [0.3, 0.4) is 0 Å². The van der Waals surface area contributed by atoms with Crippen molar-refractivity contribution in [2.75, 3.05) is 19.0 Å². The van der Waals surface area contributed by atoms with E-state index in [0.29, 0.717) is 6.54 Å². The van der Waals surface area contributed by atoms with Crippen molar-refractivity contribution in [3.63, 3.8) is 0 Å². The molecular formula is C7H16ClNO7S. The molecule has 0 spiro atoms. The zero-order chi connectivity index (χ0) is 13.6. The van der Waals surface area contributed by atoms with Crippen molar-refractivity contribution in [3.05, 3.63) is 0 Å². The van der Waals surface area contributed by atoms with Crippen LogP contribution in [0.1, 0.15) is 0 Å². The van der Waals surface area contributed by atoms with Gasteiger partial charge in [0.2, 0.25) is 5.44 Å². The first-order valence-corrected chi connectivity index (χ1v) is 6.70. The molecule has 0 heterocycles. The first kappa shape index (κ1) is 17.0. The van der Waals surface area contributed by atoms with Crippen molar-refractivity contribution in [3.8, 4) is 0 Å². The van der Waals surface area contributed by atoms with Crippen molar-refractivity contribution < 1.29 is 33.4 Å². The maximum absolute atomic E-state index is 10.5. The summed E-state index contributed by atoms with van der Waals surface area (Å²) in [6.07, 6.45) is -5.68. The number of halogens is 1. The van der Waals surface area contributed by atoms with E-state index < -0.39 is 33.9 Å². The predicted octanol–water partition coefficient (Wildman–Crippen LogP) is -2.90. The lowest BCUT2D eigenvalue weighted by Crippen LogP contribution is -2.50. The van der Waals surface area contributed by atoms with E-state index in [2.05, 4.69) is 5.32 Å². The number of hydrogen-bond donors (Lipinski definition) is 6. The highest BCUT2D eigenvalue weighted by Crippen LogP contribution is 2.09. The molecule has 6 N–H and O–H groups in total. The molecule has 17 heavy (non-hydrogen) atoms. The standard InChI is InChI=1S/C7H16ClNO7S/c8-1-2-9-3-4(10)5(11)6(12)7(13)17(14,15)16/h4-7,9-13H,1-3H2,(H,14,15,16). The lowest BCUT2D eigenvalue weighted by atomic mass is 10.1. The highest BCUT2D eigenvalue weighted by molar-refractivity contribution is 7.86. The van der Waals surface area contributed by atoms with Gasteiger partial charge in [0.15, 0.2) is 0 Å². The fraction of sp³-hybridized carbons (Fsp3) is 1.00. The van der Waals surface area contributed by atoms with Crippen LogP contribution >= 0.6 is 11.6 Å². The van der Waals surface area contributed by atoms with E-state index >= 15 is 0 Å². The van der Waals surface area contributed by atoms with Gasteiger partial charge >= 0.3 is 0 Å². The van der Waals surface area contributed by atoms with Crippen LogP contribution in [0.5, 0.6) is 0 Å². The Morgan fingerprint density at radius 2 is 1.65 bits per heavy atom. The van der Waals surface area contributed by atoms with Gasteiger partial charge in [0.1, 0.15) is 12.2 Å². The zero-order valence-electron chi connectivity index (χ0n) is 8.77. The normalized spacial score (nSPS) is 19.6. The fourth-order valence-corrected chi connectivity index (χ4v) is 1.66. The van der Waals surface area contributed by atoms with Crippen LogP contribution in [0, 0.1) is 0 Å². The summed E-state index contributed by atoms with van der Waals surface area (Å²) in [7, 11) is -4.91. The lowest BCUT2D eigenvalue weighted by molar-refractivity contribution is -0.0856. The van der Waals surface area contributed by atoms with E-state index in [4.69, 9.17) is 21.3 Å². The molecule has 0 aromatic carbocycles. The average Bonchev–Trinajstić information content (AvgIpc) is 2.25. The molecule has 8 nitrogen and oxygen atoms in total. The van der Waals surface area contributed by atoms with Crippen LogP contribution in [0.25, 0.3) is 0 Å². The maximum Gasteiger partial charge on any atom is 0.294 e. The Balaban J connectivity index is 4.33. The molecule has 0 rings (SSSR count). The molecule has 0 bridgehead atoms. The quantitative estimate of drug-likeness (QED) is 0.159. The molecular weight excluding hydrogens is 278 g/mol. The summed E-state index contributed by atoms with van der Waals surface area (Å²) in [4.78, 5) is 0. The van der Waals surface area contributed by atoms with Crippen LogP contribution in [-0.4, -0.2) is 76.1 Å². The SMILES string of the molecule is O=S(=O)(O)C(O)C(O)C(O)C(O)CNCCCl. The number of alkyl halides is 1. The van der Waals surface area contributed by atoms with Crippen LogP contribution < -0.4 is 5.32 Å². The van der Waals surface area contributed by atoms with E-state index in [0.717, 1.165) is 0 Å². The minimum Gasteiger partial charge on any atom is -0.389 e. The molecule has 104 valence electrons. The molecule has 0 saturated heterocycles. The number of rotatable bonds is 8. The highest BCUT2D eigenvalue weighted by Gasteiger charge is 2.36. The Morgan fingerprint density at radius 3 is 2.06 bits per heavy atom. The molecule has 10 heteroatoms. The lowest BCUT2D eigenvalue weighted by Gasteiger charge is -2.25. The summed E-state index contributed by atoms with van der Waals surface area (Å²) in [5.74, 6) is 0.263. The summed E-state index contributed by atoms with van der Waals surface area (Å²) in [6.45, 7) is 0.172. The topological polar surface area (TPSA) is 147 Å². The third kappa shape index (κ3) is 5.93. The van der Waals surface area contributed by atoms with E-state index in [1.54, 1.807) is 0 Å². The van der Waals surface area contributed by atoms with Crippen molar-refractivity contribution in [1.29, 1.82) is 0 Å². The second-order valence-corrected chi connectivity index (χ2v) is 5.24. The summed E-state index contributed by atoms with van der Waals surface area (Å²) in [5.41, 5.74) is -2.58. The Morgan fingerprint density at radius 1 is 1.12 bits per heavy atom. The van der Waals surface area contributed by atoms with Crippen molar-refractivity contribution in [2.45, 2.75) is 23.7 Å². The Kier molecular flexibility index (Phi) is 7.44. The molecule has 0 amide bonds. The van der Waals surface area contributed by atoms with Gasteiger partial charge in [-0.25, -0.2) is 0 Å². The van der Waals surface area contributed by atoms with Gasteiger partial charge in [0.05, 0.1) is 6.10 Å². The first-order chi connectivity index (χ1) is 7.71. The summed E-state index contributed by atoms with van der Waals surface area (Å²) in [6, 6.07) is 0. The summed E-state index contributed by atoms with van der Waals surface area (Å²) in [5, 5.41) is 39.4. The van der Waals surface area contributed by atoms with Crippen LogP contribution in [0.15, 0.2) is 0 Å². The molecule has 4 unspecified atom stereocenters. The van der Waals surface area contributed by atoms with Crippen LogP contribution in [0.4, 0.5) is 0 Å². The fourth-order valence-electron chi connectivity index (χ4n) is 1.01. The van der Waals surface area contributed by atoms with Gasteiger partial charge in [-0.15, -0.1) is 11.6 Å². The minimum absolute atomic E-state index is 0.164. The van der Waals surface area contributed by atoms with E-state index in [9.17, 15) is 23.7 Å². The number of aliphatic hydroxyl groups is 4. The maximum atomic E-state index is 10.5. The molecule has 0 fully saturated rings. The van der Waals surface area contributed by atoms with E-state index in [-0.39, 0.29) is 12.4 Å². The summed E-state index contributed by atoms with van der Waals surface area (Å²) >= 11 is 5.33. The van der Waals surface area contributed by atoms with Gasteiger partial charge in [0, 0.05) is 19.0 Å². The van der Waals surface area contributed by atoms with Crippen molar-refractivity contribution in [1.82, 2.24) is 5.32 Å². The van der Waals surface area contributed by atoms with Gasteiger partial charge in [-0.1, -0.05) is 0 Å². The average molecular weight is 294 g/mol. The van der Waals surface area contributed by atoms with E-state index in [1.165, 1.54) is 0 Å². The first-order valence-electron chi connectivity index (χ1n) is 4.67. The second-order valence-electron chi connectivity index (χ2n) is 3.35. The largest absolute Gasteiger partial charge is 0.389 e. The smallest absolute Gasteiger partial charge is 0.294 e. The van der Waals surface area contributed by atoms with Gasteiger partial charge in [-0.2, -0.15) is 8.42 Å². The van der Waals surface area contributed by atoms with Crippen molar-refractivity contribution >= 4 is 21.7 Å². The minimum atomic E-state index is -4.91. The predicted molar refractivity (Wildman–Crippen MR) is 59.2 cm³/mol. The molecule has 0 aromatic heterocycles. The highest BCUT2D eigenvalue weighted by atomic mass is 35.5. The van der Waals surface area contributed by atoms with Gasteiger partial charge in [-0.3, -0.25) is 4.55 Å². The Labute approximate surface area is 104 Å². The molecule has 0 radical (unpaired) electrons. The summed E-state index contributed by atoms with van der Waals surface area (Å²) < 4.78 is 29.4. The Bertz CT molecular complexity index is 311. The molecule has 0 saturated carbocycles. The zero-order valence-corrected chi connectivity index (χ0v) is 10.3. The number of nitrogens with one attached hydrogen (secondary N) is 1. The van der Waals surface area contributed by atoms with Gasteiger partial charge in [0.25, 0.3) is 10.1 Å². The van der Waals surface area contributed by atoms with Crippen LogP contribution in [0.2, 0.25) is 0 Å². The molecule has 0 aliphatic carbocycles. The van der Waals surface area contributed by atoms with Crippen molar-refractivity contribution in [2.24, 2.45) is 0 Å². The second kappa shape index (κ2) is 7.44. The van der Waals surface area contributed by atoms with Gasteiger partial charge in [-0.05, 0) is 0 Å². The molecule has 4 atom stereocenters. The monoisotopic (exact) mass is 293 g/mol. The molecule has 0 aromatic rings. The molecule has 0 aliphatic heterocycles. The van der Waals surface area contributed by atoms with Gasteiger partial charge < -0.3 is 25.7 Å². The number of aliphatic hydroxyl groups excluding tert-OH is 4.